The molecule has 0 radical (unpaired) electrons. The Morgan fingerprint density at radius 2 is 1.81 bits per heavy atom. The Hall–Kier alpha value is -2.33. The Bertz CT molecular complexity index is 1380. The third kappa shape index (κ3) is 4.43. The van der Waals surface area contributed by atoms with Crippen LogP contribution < -0.4 is 0 Å². The van der Waals surface area contributed by atoms with Gasteiger partial charge in [-0.25, -0.2) is 22.0 Å². The highest BCUT2D eigenvalue weighted by atomic mass is 79.9. The first-order valence-electron chi connectivity index (χ1n) is 9.12. The van der Waals surface area contributed by atoms with Gasteiger partial charge in [0.25, 0.3) is 10.0 Å². The van der Waals surface area contributed by atoms with E-state index < -0.39 is 27.7 Å². The molecule has 0 saturated heterocycles. The summed E-state index contributed by atoms with van der Waals surface area (Å²) in [5.74, 6) is -2.30. The Kier molecular flexibility index (Phi) is 7.04. The number of esters is 1. The fourth-order valence-corrected chi connectivity index (χ4v) is 5.44. The summed E-state index contributed by atoms with van der Waals surface area (Å²) < 4.78 is 32.9. The molecule has 1 N–H and O–H groups in total. The smallest absolute Gasteiger partial charge is 0.356 e. The van der Waals surface area contributed by atoms with Crippen LogP contribution in [0.3, 0.4) is 0 Å². The topological polar surface area (TPSA) is 103 Å². The van der Waals surface area contributed by atoms with Gasteiger partial charge in [0, 0.05) is 16.0 Å². The monoisotopic (exact) mass is 559 g/mol. The van der Waals surface area contributed by atoms with Crippen molar-refractivity contribution < 1.29 is 27.9 Å². The normalized spacial score (nSPS) is 12.2. The number of aliphatic carboxylic acids is 1. The van der Waals surface area contributed by atoms with Crippen molar-refractivity contribution in [2.24, 2.45) is 0 Å². The van der Waals surface area contributed by atoms with Gasteiger partial charge in [0.05, 0.1) is 22.0 Å². The molecule has 2 aromatic carbocycles. The summed E-state index contributed by atoms with van der Waals surface area (Å²) in [5.41, 5.74) is 0.407. The van der Waals surface area contributed by atoms with E-state index in [0.29, 0.717) is 0 Å². The van der Waals surface area contributed by atoms with Crippen molar-refractivity contribution in [1.82, 2.24) is 3.97 Å². The first-order valence-corrected chi connectivity index (χ1v) is 12.1. The van der Waals surface area contributed by atoms with Gasteiger partial charge in [-0.05, 0) is 60.1 Å². The van der Waals surface area contributed by atoms with Gasteiger partial charge in [-0.1, -0.05) is 40.9 Å². The van der Waals surface area contributed by atoms with E-state index in [1.54, 1.807) is 26.0 Å². The zero-order valence-corrected chi connectivity index (χ0v) is 20.6. The number of carbonyl (C=O) groups excluding carboxylic acids is 1. The number of carboxylic acids is 1. The number of aromatic nitrogens is 1. The maximum atomic E-state index is 13.7. The second-order valence-electron chi connectivity index (χ2n) is 6.64. The van der Waals surface area contributed by atoms with E-state index in [9.17, 15) is 23.1 Å². The van der Waals surface area contributed by atoms with Gasteiger partial charge in [0.15, 0.2) is 5.69 Å². The highest BCUT2D eigenvalue weighted by Crippen LogP contribution is 2.39. The molecule has 7 nitrogen and oxygen atoms in total. The van der Waals surface area contributed by atoms with Gasteiger partial charge in [-0.15, -0.1) is 0 Å². The Morgan fingerprint density at radius 3 is 2.38 bits per heavy atom. The number of carbonyl (C=O) groups is 2. The molecule has 1 heterocycles. The molecule has 0 aliphatic rings. The lowest BCUT2D eigenvalue weighted by atomic mass is 10.1. The van der Waals surface area contributed by atoms with E-state index in [1.165, 1.54) is 24.3 Å². The highest BCUT2D eigenvalue weighted by Gasteiger charge is 2.32. The van der Waals surface area contributed by atoms with Crippen molar-refractivity contribution in [2.45, 2.75) is 18.7 Å². The fraction of sp³-hybridized carbons (Fsp3) is 0.143. The molecule has 0 unspecified atom stereocenters. The number of halogens is 3. The van der Waals surface area contributed by atoms with E-state index in [2.05, 4.69) is 15.9 Å². The first kappa shape index (κ1) is 24.3. The summed E-state index contributed by atoms with van der Waals surface area (Å²) in [6.07, 6.45) is 1.11. The van der Waals surface area contributed by atoms with Crippen LogP contribution in [0.2, 0.25) is 10.0 Å². The molecule has 0 saturated carbocycles. The summed E-state index contributed by atoms with van der Waals surface area (Å²) in [6, 6.07) is 8.74. The predicted octanol–water partition coefficient (Wildman–Crippen LogP) is 5.49. The minimum absolute atomic E-state index is 0.00284. The number of hydrogen-bond acceptors (Lipinski definition) is 5. The van der Waals surface area contributed by atoms with E-state index >= 15 is 0 Å². The van der Waals surface area contributed by atoms with Crippen molar-refractivity contribution in [2.75, 3.05) is 6.61 Å². The number of ether oxygens (including phenoxy) is 1. The van der Waals surface area contributed by atoms with E-state index in [-0.39, 0.29) is 42.5 Å². The standard InChI is InChI=1S/C21H16BrCl2NO6S/c1-3-31-21(28)19-14(10-15(22)20(26)27)18-16(24)8-12(23)9-17(18)25(19)32(29,30)13-6-4-11(2)5-7-13/h4-10H,3H2,1-2H3,(H,26,27)/b15-10+. The van der Waals surface area contributed by atoms with Gasteiger partial charge in [-0.3, -0.25) is 0 Å². The second-order valence-corrected chi connectivity index (χ2v) is 10.1. The molecule has 0 fully saturated rings. The van der Waals surface area contributed by atoms with E-state index in [1.807, 2.05) is 0 Å². The number of fused-ring (bicyclic) bond motifs is 1. The number of nitrogens with zero attached hydrogens (tertiary/aromatic N) is 1. The maximum Gasteiger partial charge on any atom is 0.356 e. The summed E-state index contributed by atoms with van der Waals surface area (Å²) in [7, 11) is -4.34. The molecule has 0 aliphatic heterocycles. The average Bonchev–Trinajstić information content (AvgIpc) is 3.03. The van der Waals surface area contributed by atoms with E-state index in [4.69, 9.17) is 27.9 Å². The van der Waals surface area contributed by atoms with E-state index in [0.717, 1.165) is 15.6 Å². The zero-order valence-electron chi connectivity index (χ0n) is 16.7. The van der Waals surface area contributed by atoms with Crippen LogP contribution in [0.25, 0.3) is 17.0 Å². The van der Waals surface area contributed by atoms with Gasteiger partial charge in [0.1, 0.15) is 4.48 Å². The number of aryl methyl sites for hydroxylation is 1. The van der Waals surface area contributed by atoms with Crippen molar-refractivity contribution in [3.05, 3.63) is 67.7 Å². The highest BCUT2D eigenvalue weighted by molar-refractivity contribution is 9.12. The van der Waals surface area contributed by atoms with Crippen LogP contribution in [0, 0.1) is 6.92 Å². The molecule has 0 amide bonds. The minimum atomic E-state index is -4.34. The lowest BCUT2D eigenvalue weighted by molar-refractivity contribution is -0.131. The molecule has 3 aromatic rings. The lowest BCUT2D eigenvalue weighted by Gasteiger charge is -2.12. The van der Waals surface area contributed by atoms with Crippen LogP contribution in [0.1, 0.15) is 28.5 Å². The molecule has 1 aromatic heterocycles. The molecule has 0 bridgehead atoms. The summed E-state index contributed by atoms with van der Waals surface area (Å²) in [4.78, 5) is 24.3. The molecule has 0 atom stereocenters. The van der Waals surface area contributed by atoms with Crippen LogP contribution in [-0.2, 0) is 19.6 Å². The van der Waals surface area contributed by atoms with Gasteiger partial charge < -0.3 is 9.84 Å². The first-order chi connectivity index (χ1) is 15.0. The Labute approximate surface area is 202 Å². The molecule has 3 rings (SSSR count). The Balaban J connectivity index is 2.55. The van der Waals surface area contributed by atoms with Crippen LogP contribution in [0.15, 0.2) is 45.8 Å². The largest absolute Gasteiger partial charge is 0.477 e. The molecule has 0 spiro atoms. The van der Waals surface area contributed by atoms with Gasteiger partial charge in [-0.2, -0.15) is 0 Å². The third-order valence-corrected chi connectivity index (χ3v) is 7.30. The van der Waals surface area contributed by atoms with Gasteiger partial charge >= 0.3 is 11.9 Å². The molecular formula is C21H16BrCl2NO6S. The number of rotatable bonds is 6. The van der Waals surface area contributed by atoms with Crippen molar-refractivity contribution in [3.8, 4) is 0 Å². The molecule has 32 heavy (non-hydrogen) atoms. The van der Waals surface area contributed by atoms with Gasteiger partial charge in [0.2, 0.25) is 0 Å². The zero-order chi connectivity index (χ0) is 23.8. The minimum Gasteiger partial charge on any atom is -0.477 e. The maximum absolute atomic E-state index is 13.7. The number of carboxylic acid groups (broad SMARTS) is 1. The second kappa shape index (κ2) is 9.27. The average molecular weight is 561 g/mol. The van der Waals surface area contributed by atoms with Crippen LogP contribution in [0.4, 0.5) is 0 Å². The summed E-state index contributed by atoms with van der Waals surface area (Å²) in [6.45, 7) is 3.33. The number of benzene rings is 2. The Morgan fingerprint density at radius 1 is 1.19 bits per heavy atom. The number of hydrogen-bond donors (Lipinski definition) is 1. The van der Waals surface area contributed by atoms with Crippen LogP contribution in [-0.4, -0.2) is 36.0 Å². The molecule has 11 heteroatoms. The van der Waals surface area contributed by atoms with Crippen molar-refractivity contribution in [3.63, 3.8) is 0 Å². The predicted molar refractivity (Wildman–Crippen MR) is 126 cm³/mol. The SMILES string of the molecule is CCOC(=O)c1c(/C=C(/Br)C(=O)O)c2c(Cl)cc(Cl)cc2n1S(=O)(=O)c1ccc(C)cc1. The third-order valence-electron chi connectivity index (χ3n) is 4.48. The molecule has 0 aliphatic carbocycles. The summed E-state index contributed by atoms with van der Waals surface area (Å²) in [5, 5.41) is 9.62. The van der Waals surface area contributed by atoms with Crippen molar-refractivity contribution in [1.29, 1.82) is 0 Å². The molecular weight excluding hydrogens is 545 g/mol. The summed E-state index contributed by atoms with van der Waals surface area (Å²) >= 11 is 15.4. The molecule has 168 valence electrons. The quantitative estimate of drug-likeness (QED) is 0.316. The van der Waals surface area contributed by atoms with Crippen LogP contribution in [0.5, 0.6) is 0 Å². The lowest BCUT2D eigenvalue weighted by Crippen LogP contribution is -2.20. The van der Waals surface area contributed by atoms with Crippen molar-refractivity contribution >= 4 is 78.1 Å². The fourth-order valence-electron chi connectivity index (χ4n) is 3.12. The van der Waals surface area contributed by atoms with Crippen LogP contribution >= 0.6 is 39.1 Å².